The van der Waals surface area contributed by atoms with Crippen LogP contribution in [0.15, 0.2) is 63.7 Å². The number of aliphatic hydroxyl groups excluding tert-OH is 1. The highest BCUT2D eigenvalue weighted by molar-refractivity contribution is 8.18. The van der Waals surface area contributed by atoms with Gasteiger partial charge in [0.1, 0.15) is 33.6 Å². The van der Waals surface area contributed by atoms with E-state index < -0.39 is 5.97 Å². The van der Waals surface area contributed by atoms with Crippen molar-refractivity contribution in [3.63, 3.8) is 0 Å². The SMILES string of the molecule is CCOC(=O)C1=C(O)/C(=C\c2cc(C)ccc2O)SC1=Nc1ccccc1OC. The zero-order valence-corrected chi connectivity index (χ0v) is 17.1. The summed E-state index contributed by atoms with van der Waals surface area (Å²) in [6.45, 7) is 3.76. The van der Waals surface area contributed by atoms with E-state index in [1.165, 1.54) is 7.11 Å². The molecule has 0 amide bonds. The van der Waals surface area contributed by atoms with Gasteiger partial charge in [-0.2, -0.15) is 0 Å². The summed E-state index contributed by atoms with van der Waals surface area (Å²) in [6, 6.07) is 12.3. The minimum absolute atomic E-state index is 0.0128. The summed E-state index contributed by atoms with van der Waals surface area (Å²) < 4.78 is 10.4. The number of aryl methyl sites for hydroxylation is 1. The molecule has 2 N–H and O–H groups in total. The number of benzene rings is 2. The number of hydrogen-bond donors (Lipinski definition) is 2. The third-order valence-electron chi connectivity index (χ3n) is 4.15. The van der Waals surface area contributed by atoms with Crippen molar-refractivity contribution >= 4 is 34.5 Å². The van der Waals surface area contributed by atoms with Crippen LogP contribution < -0.4 is 4.74 Å². The van der Waals surface area contributed by atoms with Crippen LogP contribution in [0.25, 0.3) is 6.08 Å². The van der Waals surface area contributed by atoms with Crippen molar-refractivity contribution in [2.45, 2.75) is 13.8 Å². The average Bonchev–Trinajstić information content (AvgIpc) is 3.00. The smallest absolute Gasteiger partial charge is 0.344 e. The Balaban J connectivity index is 2.10. The molecular weight excluding hydrogens is 390 g/mol. The molecular formula is C22H21NO5S. The van der Waals surface area contributed by atoms with Gasteiger partial charge in [-0.15, -0.1) is 0 Å². The molecule has 7 heteroatoms. The Labute approximate surface area is 173 Å². The maximum absolute atomic E-state index is 12.5. The normalized spacial score (nSPS) is 16.5. The molecule has 0 saturated carbocycles. The molecule has 150 valence electrons. The van der Waals surface area contributed by atoms with Gasteiger partial charge in [-0.3, -0.25) is 0 Å². The zero-order chi connectivity index (χ0) is 21.0. The molecule has 0 radical (unpaired) electrons. The van der Waals surface area contributed by atoms with Gasteiger partial charge in [-0.05, 0) is 44.2 Å². The number of para-hydroxylation sites is 2. The lowest BCUT2D eigenvalue weighted by Gasteiger charge is -2.06. The molecule has 0 spiro atoms. The molecule has 2 aromatic rings. The molecule has 0 fully saturated rings. The van der Waals surface area contributed by atoms with Crippen molar-refractivity contribution in [1.82, 2.24) is 0 Å². The van der Waals surface area contributed by atoms with Crippen LogP contribution in [0.5, 0.6) is 11.5 Å². The first-order valence-corrected chi connectivity index (χ1v) is 9.78. The van der Waals surface area contributed by atoms with Crippen molar-refractivity contribution in [1.29, 1.82) is 0 Å². The van der Waals surface area contributed by atoms with Crippen LogP contribution in [0.3, 0.4) is 0 Å². The molecule has 0 unspecified atom stereocenters. The largest absolute Gasteiger partial charge is 0.507 e. The molecule has 0 aliphatic carbocycles. The van der Waals surface area contributed by atoms with E-state index in [2.05, 4.69) is 4.99 Å². The number of thioether (sulfide) groups is 1. The maximum atomic E-state index is 12.5. The highest BCUT2D eigenvalue weighted by atomic mass is 32.2. The molecule has 0 aromatic heterocycles. The number of esters is 1. The quantitative estimate of drug-likeness (QED) is 0.680. The Bertz CT molecular complexity index is 1040. The van der Waals surface area contributed by atoms with Crippen LogP contribution in [0.4, 0.5) is 5.69 Å². The fourth-order valence-electron chi connectivity index (χ4n) is 2.75. The second-order valence-electron chi connectivity index (χ2n) is 6.21. The Morgan fingerprint density at radius 2 is 1.97 bits per heavy atom. The number of aliphatic imine (C=N–C) groups is 1. The van der Waals surface area contributed by atoms with Crippen LogP contribution >= 0.6 is 11.8 Å². The number of methoxy groups -OCH3 is 1. The summed E-state index contributed by atoms with van der Waals surface area (Å²) in [5, 5.41) is 21.2. The molecule has 0 bridgehead atoms. The van der Waals surface area contributed by atoms with Gasteiger partial charge >= 0.3 is 5.97 Å². The van der Waals surface area contributed by atoms with Crippen LogP contribution in [0.1, 0.15) is 18.1 Å². The van der Waals surface area contributed by atoms with Gasteiger partial charge in [0.2, 0.25) is 0 Å². The summed E-state index contributed by atoms with van der Waals surface area (Å²) in [5.41, 5.74) is 1.99. The lowest BCUT2D eigenvalue weighted by Crippen LogP contribution is -2.12. The van der Waals surface area contributed by atoms with Crippen molar-refractivity contribution in [2.24, 2.45) is 4.99 Å². The number of carbonyl (C=O) groups is 1. The number of carbonyl (C=O) groups excluding carboxylic acids is 1. The summed E-state index contributed by atoms with van der Waals surface area (Å²) >= 11 is 1.12. The Morgan fingerprint density at radius 3 is 2.69 bits per heavy atom. The lowest BCUT2D eigenvalue weighted by atomic mass is 10.1. The second-order valence-corrected chi connectivity index (χ2v) is 7.24. The predicted molar refractivity (Wildman–Crippen MR) is 115 cm³/mol. The summed E-state index contributed by atoms with van der Waals surface area (Å²) in [5.74, 6) is -0.285. The second kappa shape index (κ2) is 8.87. The van der Waals surface area contributed by atoms with Crippen LogP contribution in [-0.2, 0) is 9.53 Å². The number of aromatic hydroxyl groups is 1. The minimum atomic E-state index is -0.664. The van der Waals surface area contributed by atoms with Crippen LogP contribution in [0, 0.1) is 6.92 Å². The maximum Gasteiger partial charge on any atom is 0.344 e. The minimum Gasteiger partial charge on any atom is -0.507 e. The first kappa shape index (κ1) is 20.5. The first-order valence-electron chi connectivity index (χ1n) is 8.96. The van der Waals surface area contributed by atoms with E-state index >= 15 is 0 Å². The summed E-state index contributed by atoms with van der Waals surface area (Å²) in [7, 11) is 1.53. The summed E-state index contributed by atoms with van der Waals surface area (Å²) in [4.78, 5) is 17.4. The van der Waals surface area contributed by atoms with E-state index in [1.54, 1.807) is 49.4 Å². The van der Waals surface area contributed by atoms with Crippen LogP contribution in [0.2, 0.25) is 0 Å². The van der Waals surface area contributed by atoms with Gasteiger partial charge in [0.25, 0.3) is 0 Å². The van der Waals surface area contributed by atoms with E-state index in [9.17, 15) is 15.0 Å². The van der Waals surface area contributed by atoms with E-state index in [4.69, 9.17) is 9.47 Å². The highest BCUT2D eigenvalue weighted by Gasteiger charge is 2.33. The van der Waals surface area contributed by atoms with Crippen molar-refractivity contribution in [2.75, 3.05) is 13.7 Å². The molecule has 2 aromatic carbocycles. The van der Waals surface area contributed by atoms with Gasteiger partial charge in [0.15, 0.2) is 0 Å². The number of rotatable bonds is 5. The summed E-state index contributed by atoms with van der Waals surface area (Å²) in [6.07, 6.45) is 1.62. The monoisotopic (exact) mass is 411 g/mol. The van der Waals surface area contributed by atoms with Gasteiger partial charge in [0, 0.05) is 5.56 Å². The lowest BCUT2D eigenvalue weighted by molar-refractivity contribution is -0.138. The number of nitrogens with zero attached hydrogens (tertiary/aromatic N) is 1. The van der Waals surface area contributed by atoms with Gasteiger partial charge < -0.3 is 19.7 Å². The highest BCUT2D eigenvalue weighted by Crippen LogP contribution is 2.42. The third-order valence-corrected chi connectivity index (χ3v) is 5.17. The van der Waals surface area contributed by atoms with Crippen LogP contribution in [-0.4, -0.2) is 34.9 Å². The average molecular weight is 411 g/mol. The molecule has 3 rings (SSSR count). The number of phenols is 1. The molecule has 6 nitrogen and oxygen atoms in total. The number of aliphatic hydroxyl groups is 1. The molecule has 1 aliphatic heterocycles. The molecule has 0 atom stereocenters. The van der Waals surface area contributed by atoms with E-state index in [0.717, 1.165) is 17.3 Å². The molecule has 1 aliphatic rings. The number of ether oxygens (including phenoxy) is 2. The van der Waals surface area contributed by atoms with E-state index in [1.807, 2.05) is 13.0 Å². The van der Waals surface area contributed by atoms with Crippen molar-refractivity contribution < 1.29 is 24.5 Å². The van der Waals surface area contributed by atoms with E-state index in [0.29, 0.717) is 26.9 Å². The number of hydrogen-bond acceptors (Lipinski definition) is 7. The zero-order valence-electron chi connectivity index (χ0n) is 16.3. The van der Waals surface area contributed by atoms with Gasteiger partial charge in [-0.1, -0.05) is 35.5 Å². The Kier molecular flexibility index (Phi) is 6.29. The van der Waals surface area contributed by atoms with Gasteiger partial charge in [-0.25, -0.2) is 9.79 Å². The molecule has 0 saturated heterocycles. The topological polar surface area (TPSA) is 88.4 Å². The first-order chi connectivity index (χ1) is 13.9. The predicted octanol–water partition coefficient (Wildman–Crippen LogP) is 4.90. The van der Waals surface area contributed by atoms with Gasteiger partial charge in [0.05, 0.1) is 18.6 Å². The third kappa shape index (κ3) is 4.46. The van der Waals surface area contributed by atoms with Crippen molar-refractivity contribution in [3.05, 3.63) is 69.8 Å². The van der Waals surface area contributed by atoms with E-state index in [-0.39, 0.29) is 23.7 Å². The fraction of sp³-hybridized carbons (Fsp3) is 0.182. The molecule has 29 heavy (non-hydrogen) atoms. The Morgan fingerprint density at radius 1 is 1.21 bits per heavy atom. The fourth-order valence-corrected chi connectivity index (χ4v) is 3.77. The standard InChI is InChI=1S/C22H21NO5S/c1-4-28-22(26)19-20(25)18(12-14-11-13(2)9-10-16(14)24)29-21(19)23-15-7-5-6-8-17(15)27-3/h5-12,24-25H,4H2,1-3H3/b18-12+,23-21?. The number of phenolic OH excluding ortho intramolecular Hbond substituents is 1. The van der Waals surface area contributed by atoms with Crippen molar-refractivity contribution in [3.8, 4) is 11.5 Å². The molecule has 1 heterocycles. The Hall–Kier alpha value is -3.19.